The summed E-state index contributed by atoms with van der Waals surface area (Å²) in [6, 6.07) is 6.22. The number of piperidine rings is 1. The molecule has 1 N–H and O–H groups in total. The lowest BCUT2D eigenvalue weighted by Gasteiger charge is -2.34. The van der Waals surface area contributed by atoms with Crippen LogP contribution in [0.3, 0.4) is 0 Å². The van der Waals surface area contributed by atoms with Crippen molar-refractivity contribution >= 4 is 37.6 Å². The zero-order chi connectivity index (χ0) is 20.1. The summed E-state index contributed by atoms with van der Waals surface area (Å²) in [6.07, 6.45) is 10.4. The third-order valence-electron chi connectivity index (χ3n) is 6.30. The number of hydrogen-bond acceptors (Lipinski definition) is 3. The van der Waals surface area contributed by atoms with Crippen LogP contribution in [-0.2, 0) is 16.4 Å². The molecule has 0 bridgehead atoms. The average molecular weight is 492 g/mol. The molecule has 7 heteroatoms. The first-order valence-corrected chi connectivity index (χ1v) is 13.5. The molecule has 0 spiro atoms. The Morgan fingerprint density at radius 1 is 1.11 bits per heavy atom. The van der Waals surface area contributed by atoms with E-state index in [1.807, 2.05) is 12.1 Å². The van der Waals surface area contributed by atoms with Crippen LogP contribution in [-0.4, -0.2) is 45.2 Å². The molecule has 3 rings (SSSR count). The third-order valence-corrected chi connectivity index (χ3v) is 8.07. The van der Waals surface area contributed by atoms with Crippen LogP contribution in [0.5, 0.6) is 0 Å². The molecule has 1 saturated carbocycles. The van der Waals surface area contributed by atoms with Crippen LogP contribution in [0.1, 0.15) is 50.5 Å². The molecule has 2 aliphatic rings. The maximum atomic E-state index is 11.4. The monoisotopic (exact) mass is 490 g/mol. The van der Waals surface area contributed by atoms with Crippen molar-refractivity contribution in [2.75, 3.05) is 25.9 Å². The van der Waals surface area contributed by atoms with E-state index >= 15 is 0 Å². The van der Waals surface area contributed by atoms with Gasteiger partial charge in [0.15, 0.2) is 0 Å². The number of likely N-dealkylation sites (tertiary alicyclic amines) is 1. The summed E-state index contributed by atoms with van der Waals surface area (Å²) in [5.74, 6) is 1.49. The summed E-state index contributed by atoms with van der Waals surface area (Å²) >= 11 is 9.80. The Morgan fingerprint density at radius 3 is 2.43 bits per heavy atom. The molecule has 1 heterocycles. The van der Waals surface area contributed by atoms with Gasteiger partial charge in [0, 0.05) is 15.5 Å². The van der Waals surface area contributed by atoms with Crippen LogP contribution in [0.2, 0.25) is 5.02 Å². The van der Waals surface area contributed by atoms with Gasteiger partial charge in [0.1, 0.15) is 0 Å². The van der Waals surface area contributed by atoms with Crippen LogP contribution >= 0.6 is 27.5 Å². The van der Waals surface area contributed by atoms with Gasteiger partial charge in [-0.3, -0.25) is 0 Å². The normalized spacial score (nSPS) is 25.1. The number of sulfonamides is 1. The van der Waals surface area contributed by atoms with Crippen molar-refractivity contribution in [3.8, 4) is 0 Å². The molecule has 28 heavy (non-hydrogen) atoms. The molecule has 2 fully saturated rings. The minimum atomic E-state index is -3.07. The molecule has 158 valence electrons. The smallest absolute Gasteiger partial charge is 0.208 e. The standard InChI is InChI=1S/C21H32BrClN2O2S/c1-28(26,27)24-20-5-2-16(3-6-20)8-11-25-12-9-17(10-13-25)14-18-15-19(23)4-7-21(18)22/h4,7,15-17,20,24H,2-3,5-6,8-14H2,1H3. The van der Waals surface area contributed by atoms with E-state index in [4.69, 9.17) is 11.6 Å². The quantitative estimate of drug-likeness (QED) is 0.593. The van der Waals surface area contributed by atoms with Gasteiger partial charge in [0.05, 0.1) is 6.26 Å². The second-order valence-corrected chi connectivity index (χ2v) is 11.7. The lowest BCUT2D eigenvalue weighted by Crippen LogP contribution is -2.38. The summed E-state index contributed by atoms with van der Waals surface area (Å²) in [4.78, 5) is 2.62. The van der Waals surface area contributed by atoms with Gasteiger partial charge in [-0.1, -0.05) is 27.5 Å². The number of halogens is 2. The molecule has 1 aliphatic carbocycles. The van der Waals surface area contributed by atoms with Gasteiger partial charge in [-0.15, -0.1) is 0 Å². The number of rotatable bonds is 7. The summed E-state index contributed by atoms with van der Waals surface area (Å²) in [5.41, 5.74) is 1.32. The van der Waals surface area contributed by atoms with E-state index < -0.39 is 10.0 Å². The van der Waals surface area contributed by atoms with Crippen molar-refractivity contribution in [1.29, 1.82) is 0 Å². The molecule has 1 saturated heterocycles. The molecule has 0 atom stereocenters. The van der Waals surface area contributed by atoms with Crippen molar-refractivity contribution in [3.05, 3.63) is 33.3 Å². The maximum Gasteiger partial charge on any atom is 0.208 e. The molecule has 1 aromatic rings. The second-order valence-electron chi connectivity index (χ2n) is 8.62. The average Bonchev–Trinajstić information content (AvgIpc) is 2.64. The number of nitrogens with zero attached hydrogens (tertiary/aromatic N) is 1. The maximum absolute atomic E-state index is 11.4. The van der Waals surface area contributed by atoms with Gasteiger partial charge in [-0.05, 0) is 107 Å². The van der Waals surface area contributed by atoms with Gasteiger partial charge in [-0.2, -0.15) is 0 Å². The van der Waals surface area contributed by atoms with Crippen molar-refractivity contribution in [3.63, 3.8) is 0 Å². The summed E-state index contributed by atoms with van der Waals surface area (Å²) in [5, 5.41) is 0.817. The molecular formula is C21H32BrClN2O2S. The van der Waals surface area contributed by atoms with Crippen LogP contribution in [0.4, 0.5) is 0 Å². The largest absolute Gasteiger partial charge is 0.303 e. The van der Waals surface area contributed by atoms with Gasteiger partial charge >= 0.3 is 0 Å². The summed E-state index contributed by atoms with van der Waals surface area (Å²) in [7, 11) is -3.07. The summed E-state index contributed by atoms with van der Waals surface area (Å²) < 4.78 is 26.7. The fourth-order valence-electron chi connectivity index (χ4n) is 4.66. The van der Waals surface area contributed by atoms with Crippen molar-refractivity contribution in [1.82, 2.24) is 9.62 Å². The van der Waals surface area contributed by atoms with Crippen molar-refractivity contribution in [2.24, 2.45) is 11.8 Å². The predicted molar refractivity (Wildman–Crippen MR) is 120 cm³/mol. The van der Waals surface area contributed by atoms with E-state index in [9.17, 15) is 8.42 Å². The Balaban J connectivity index is 1.34. The third kappa shape index (κ3) is 7.28. The Labute approximate surface area is 183 Å². The lowest BCUT2D eigenvalue weighted by molar-refractivity contribution is 0.164. The van der Waals surface area contributed by atoms with E-state index in [0.717, 1.165) is 49.0 Å². The zero-order valence-electron chi connectivity index (χ0n) is 16.7. The van der Waals surface area contributed by atoms with Crippen molar-refractivity contribution in [2.45, 2.75) is 57.4 Å². The fraction of sp³-hybridized carbons (Fsp3) is 0.714. The predicted octanol–water partition coefficient (Wildman–Crippen LogP) is 4.86. The highest BCUT2D eigenvalue weighted by molar-refractivity contribution is 9.10. The Hall–Kier alpha value is -0.140. The molecule has 0 unspecified atom stereocenters. The van der Waals surface area contributed by atoms with Gasteiger partial charge in [0.25, 0.3) is 0 Å². The highest BCUT2D eigenvalue weighted by Gasteiger charge is 2.25. The minimum Gasteiger partial charge on any atom is -0.303 e. The zero-order valence-corrected chi connectivity index (χ0v) is 19.8. The Bertz CT molecular complexity index is 743. The molecule has 1 aromatic carbocycles. The second kappa shape index (κ2) is 10.3. The molecule has 0 amide bonds. The number of nitrogens with one attached hydrogen (secondary N) is 1. The SMILES string of the molecule is CS(=O)(=O)NC1CCC(CCN2CCC(Cc3cc(Cl)ccc3Br)CC2)CC1. The van der Waals surface area contributed by atoms with Gasteiger partial charge in [-0.25, -0.2) is 13.1 Å². The molecule has 1 aliphatic heterocycles. The fourth-order valence-corrected chi connectivity index (χ4v) is 6.11. The van der Waals surface area contributed by atoms with E-state index in [1.165, 1.54) is 55.2 Å². The van der Waals surface area contributed by atoms with E-state index in [2.05, 4.69) is 31.6 Å². The molecule has 4 nitrogen and oxygen atoms in total. The molecule has 0 radical (unpaired) electrons. The Kier molecular flexibility index (Phi) is 8.25. The van der Waals surface area contributed by atoms with Crippen LogP contribution in [0.15, 0.2) is 22.7 Å². The van der Waals surface area contributed by atoms with Gasteiger partial charge in [0.2, 0.25) is 10.0 Å². The van der Waals surface area contributed by atoms with E-state index in [0.29, 0.717) is 0 Å². The van der Waals surface area contributed by atoms with E-state index in [-0.39, 0.29) is 6.04 Å². The molecular weight excluding hydrogens is 460 g/mol. The number of benzene rings is 1. The van der Waals surface area contributed by atoms with Crippen LogP contribution in [0.25, 0.3) is 0 Å². The minimum absolute atomic E-state index is 0.146. The first kappa shape index (κ1) is 22.5. The van der Waals surface area contributed by atoms with Gasteiger partial charge < -0.3 is 4.90 Å². The molecule has 0 aromatic heterocycles. The Morgan fingerprint density at radius 2 is 1.79 bits per heavy atom. The highest BCUT2D eigenvalue weighted by atomic mass is 79.9. The van der Waals surface area contributed by atoms with Crippen molar-refractivity contribution < 1.29 is 8.42 Å². The van der Waals surface area contributed by atoms with E-state index in [1.54, 1.807) is 0 Å². The first-order chi connectivity index (χ1) is 13.3. The van der Waals surface area contributed by atoms with Crippen LogP contribution in [0, 0.1) is 11.8 Å². The summed E-state index contributed by atoms with van der Waals surface area (Å²) in [6.45, 7) is 3.56. The lowest BCUT2D eigenvalue weighted by atomic mass is 9.84. The first-order valence-electron chi connectivity index (χ1n) is 10.4. The van der Waals surface area contributed by atoms with Crippen LogP contribution < -0.4 is 4.72 Å². The highest BCUT2D eigenvalue weighted by Crippen LogP contribution is 2.30. The topological polar surface area (TPSA) is 49.4 Å². The number of hydrogen-bond donors (Lipinski definition) is 1.